The van der Waals surface area contributed by atoms with Gasteiger partial charge in [-0.1, -0.05) is 23.2 Å². The van der Waals surface area contributed by atoms with E-state index in [2.05, 4.69) is 19.8 Å². The molecule has 36 heavy (non-hydrogen) atoms. The number of carbonyl (C=O) groups excluding carboxylic acids is 1. The summed E-state index contributed by atoms with van der Waals surface area (Å²) in [5.41, 5.74) is 0.255. The van der Waals surface area contributed by atoms with Crippen LogP contribution in [0.2, 0.25) is 10.0 Å². The predicted octanol–water partition coefficient (Wildman–Crippen LogP) is 4.77. The minimum Gasteiger partial charge on any atom is -0.449 e. The van der Waals surface area contributed by atoms with Gasteiger partial charge in [-0.15, -0.1) is 0 Å². The van der Waals surface area contributed by atoms with Gasteiger partial charge in [-0.3, -0.25) is 9.59 Å². The second kappa shape index (κ2) is 10.2. The Balaban J connectivity index is 1.54. The van der Waals surface area contributed by atoms with Crippen molar-refractivity contribution >= 4 is 46.6 Å². The molecule has 0 bridgehead atoms. The maximum Gasteiger partial charge on any atom is 0.512 e. The molecule has 186 valence electrons. The van der Waals surface area contributed by atoms with E-state index in [4.69, 9.17) is 28.3 Å². The van der Waals surface area contributed by atoms with Crippen molar-refractivity contribution in [3.8, 4) is 22.8 Å². The number of aromatic nitrogens is 3. The van der Waals surface area contributed by atoms with Gasteiger partial charge in [0.2, 0.25) is 11.8 Å². The van der Waals surface area contributed by atoms with E-state index in [9.17, 15) is 23.2 Å². The van der Waals surface area contributed by atoms with Crippen molar-refractivity contribution in [2.45, 2.75) is 13.2 Å². The van der Waals surface area contributed by atoms with Crippen LogP contribution in [-0.4, -0.2) is 37.7 Å². The molecule has 3 aromatic heterocycles. The Labute approximate surface area is 210 Å². The number of amides is 1. The van der Waals surface area contributed by atoms with Crippen LogP contribution in [0.3, 0.4) is 0 Å². The molecule has 0 unspecified atom stereocenters. The second-order valence-electron chi connectivity index (χ2n) is 7.20. The molecule has 0 radical (unpaired) electrons. The van der Waals surface area contributed by atoms with E-state index in [0.29, 0.717) is 11.3 Å². The molecule has 0 aliphatic carbocycles. The van der Waals surface area contributed by atoms with Crippen LogP contribution in [0.25, 0.3) is 16.8 Å². The summed E-state index contributed by atoms with van der Waals surface area (Å²) in [5.74, 6) is -0.945. The number of alkyl halides is 2. The smallest absolute Gasteiger partial charge is 0.449 e. The lowest BCUT2D eigenvalue weighted by atomic mass is 10.1. The number of imidazole rings is 1. The lowest BCUT2D eigenvalue weighted by Crippen LogP contribution is -2.27. The summed E-state index contributed by atoms with van der Waals surface area (Å²) in [6.07, 6.45) is 2.46. The van der Waals surface area contributed by atoms with Crippen LogP contribution in [-0.2, 0) is 11.3 Å². The largest absolute Gasteiger partial charge is 0.512 e. The van der Waals surface area contributed by atoms with Crippen molar-refractivity contribution in [3.05, 3.63) is 75.4 Å². The summed E-state index contributed by atoms with van der Waals surface area (Å²) in [5, 5.41) is 11.5. The number of rotatable bonds is 7. The van der Waals surface area contributed by atoms with E-state index in [1.165, 1.54) is 53.3 Å². The van der Waals surface area contributed by atoms with Gasteiger partial charge < -0.3 is 28.9 Å². The molecular formula is C22H14Cl2F2N4O6. The Morgan fingerprint density at radius 1 is 1.08 bits per heavy atom. The third-order valence-electron chi connectivity index (χ3n) is 4.74. The van der Waals surface area contributed by atoms with Crippen molar-refractivity contribution in [2.75, 3.05) is 5.32 Å². The lowest BCUT2D eigenvalue weighted by Gasteiger charge is -2.14. The quantitative estimate of drug-likeness (QED) is 0.325. The predicted molar refractivity (Wildman–Crippen MR) is 125 cm³/mol. The van der Waals surface area contributed by atoms with Gasteiger partial charge in [0.15, 0.2) is 0 Å². The Morgan fingerprint density at radius 2 is 1.86 bits per heavy atom. The summed E-state index contributed by atoms with van der Waals surface area (Å²) in [7, 11) is 0. The molecule has 4 rings (SSSR count). The molecule has 1 aromatic carbocycles. The highest BCUT2D eigenvalue weighted by Gasteiger charge is 2.17. The first-order chi connectivity index (χ1) is 17.1. The minimum atomic E-state index is -3.11. The van der Waals surface area contributed by atoms with Gasteiger partial charge >= 0.3 is 12.8 Å². The van der Waals surface area contributed by atoms with Gasteiger partial charge in [-0.25, -0.2) is 4.79 Å². The Morgan fingerprint density at radius 3 is 2.58 bits per heavy atom. The maximum atomic E-state index is 12.8. The molecule has 2 N–H and O–H groups in total. The molecule has 0 saturated heterocycles. The molecule has 0 aliphatic rings. The molecule has 0 fully saturated rings. The first kappa shape index (κ1) is 24.9. The van der Waals surface area contributed by atoms with Crippen LogP contribution in [0.5, 0.6) is 11.6 Å². The zero-order valence-electron chi connectivity index (χ0n) is 17.8. The molecule has 4 aromatic rings. The fourth-order valence-electron chi connectivity index (χ4n) is 3.32. The van der Waals surface area contributed by atoms with Gasteiger partial charge in [0, 0.05) is 34.6 Å². The van der Waals surface area contributed by atoms with Gasteiger partial charge in [-0.2, -0.15) is 13.8 Å². The third kappa shape index (κ3) is 5.73. The number of ether oxygens (including phenoxy) is 2. The summed E-state index contributed by atoms with van der Waals surface area (Å²) < 4.78 is 37.0. The Hall–Kier alpha value is -4.16. The summed E-state index contributed by atoms with van der Waals surface area (Å²) in [6.45, 7) is -3.52. The van der Waals surface area contributed by atoms with E-state index < -0.39 is 30.8 Å². The minimum absolute atomic E-state index is 0.00502. The average molecular weight is 539 g/mol. The molecule has 10 nitrogen and oxygen atoms in total. The maximum absolute atomic E-state index is 12.8. The number of anilines is 1. The average Bonchev–Trinajstić information content (AvgIpc) is 3.17. The van der Waals surface area contributed by atoms with E-state index in [0.717, 1.165) is 10.6 Å². The number of halogens is 4. The second-order valence-corrected chi connectivity index (χ2v) is 8.04. The van der Waals surface area contributed by atoms with Crippen molar-refractivity contribution in [1.29, 1.82) is 0 Å². The topological polar surface area (TPSA) is 124 Å². The third-order valence-corrected chi connectivity index (χ3v) is 5.28. The number of hydrogen-bond donors (Lipinski definition) is 2. The number of carbonyl (C=O) groups is 2. The molecule has 0 aliphatic heterocycles. The molecule has 14 heteroatoms. The number of carboxylic acid groups (broad SMARTS) is 1. The number of hydrogen-bond acceptors (Lipinski definition) is 6. The van der Waals surface area contributed by atoms with Gasteiger partial charge in [-0.05, 0) is 30.3 Å². The summed E-state index contributed by atoms with van der Waals surface area (Å²) in [4.78, 5) is 39.8. The molecule has 1 amide bonds. The molecule has 0 atom stereocenters. The molecule has 0 spiro atoms. The molecular weight excluding hydrogens is 525 g/mol. The van der Waals surface area contributed by atoms with E-state index >= 15 is 0 Å². The Kier molecular flexibility index (Phi) is 7.08. The number of nitrogens with one attached hydrogen (secondary N) is 1. The molecule has 3 heterocycles. The van der Waals surface area contributed by atoms with Crippen molar-refractivity contribution < 1.29 is 33.0 Å². The van der Waals surface area contributed by atoms with Gasteiger partial charge in [0.25, 0.3) is 5.56 Å². The summed E-state index contributed by atoms with van der Waals surface area (Å²) in [6, 6.07) is 8.03. The van der Waals surface area contributed by atoms with E-state index in [1.807, 2.05) is 0 Å². The highest BCUT2D eigenvalue weighted by molar-refractivity contribution is 6.34. The van der Waals surface area contributed by atoms with Crippen LogP contribution in [0.4, 0.5) is 19.3 Å². The van der Waals surface area contributed by atoms with Gasteiger partial charge in [0.05, 0.1) is 16.9 Å². The Bertz CT molecular complexity index is 1540. The van der Waals surface area contributed by atoms with Crippen molar-refractivity contribution in [3.63, 3.8) is 0 Å². The zero-order valence-corrected chi connectivity index (χ0v) is 19.3. The van der Waals surface area contributed by atoms with Crippen LogP contribution < -0.4 is 20.3 Å². The number of pyridine rings is 2. The van der Waals surface area contributed by atoms with Crippen LogP contribution in [0.1, 0.15) is 0 Å². The van der Waals surface area contributed by atoms with Crippen LogP contribution in [0, 0.1) is 0 Å². The monoisotopic (exact) mass is 538 g/mol. The van der Waals surface area contributed by atoms with Crippen LogP contribution >= 0.6 is 23.2 Å². The van der Waals surface area contributed by atoms with Crippen molar-refractivity contribution in [2.24, 2.45) is 0 Å². The lowest BCUT2D eigenvalue weighted by molar-refractivity contribution is -0.116. The standard InChI is InChI=1S/C22H14Cl2F2N4O6/c23-11-1-3-16(35-21(25)26)14(5-11)13-6-20(32)30(8-15(13)24)9-18(31)27-12-2-4-17-28-19(36-22(33)34)10-29(17)7-12/h1-8,10,21H,9H2,(H,27,31)(H,33,34). The first-order valence-corrected chi connectivity index (χ1v) is 10.7. The number of fused-ring (bicyclic) bond motifs is 1. The fourth-order valence-corrected chi connectivity index (χ4v) is 3.77. The highest BCUT2D eigenvalue weighted by Crippen LogP contribution is 2.36. The number of benzene rings is 1. The van der Waals surface area contributed by atoms with E-state index in [1.54, 1.807) is 0 Å². The van der Waals surface area contributed by atoms with Crippen LogP contribution in [0.15, 0.2) is 59.8 Å². The van der Waals surface area contributed by atoms with Crippen molar-refractivity contribution in [1.82, 2.24) is 14.0 Å². The van der Waals surface area contributed by atoms with Gasteiger partial charge in [0.1, 0.15) is 17.9 Å². The molecule has 0 saturated carbocycles. The zero-order chi connectivity index (χ0) is 26.0. The number of nitrogens with zero attached hydrogens (tertiary/aromatic N) is 3. The fraction of sp³-hybridized carbons (Fsp3) is 0.0909. The van der Waals surface area contributed by atoms with E-state index in [-0.39, 0.29) is 32.8 Å². The first-order valence-electron chi connectivity index (χ1n) is 9.93. The summed E-state index contributed by atoms with van der Waals surface area (Å²) >= 11 is 12.3. The highest BCUT2D eigenvalue weighted by atomic mass is 35.5. The SMILES string of the molecule is O=C(Cn1cc(Cl)c(-c2cc(Cl)ccc2OC(F)F)cc1=O)Nc1ccc2nc(OC(=O)O)cn2c1. The normalized spacial score (nSPS) is 11.0.